The molecule has 0 saturated carbocycles. The molecule has 0 radical (unpaired) electrons. The van der Waals surface area contributed by atoms with Crippen molar-refractivity contribution in [2.75, 3.05) is 5.73 Å². The number of rotatable bonds is 3. The highest BCUT2D eigenvalue weighted by atomic mass is 79.9. The number of alkyl halides is 3. The minimum atomic E-state index is -4.33. The maximum absolute atomic E-state index is 12.9. The first kappa shape index (κ1) is 15.3. The predicted molar refractivity (Wildman–Crippen MR) is 79.6 cm³/mol. The van der Waals surface area contributed by atoms with Gasteiger partial charge in [0.15, 0.2) is 0 Å². The summed E-state index contributed by atoms with van der Waals surface area (Å²) in [4.78, 5) is 0.761. The summed E-state index contributed by atoms with van der Waals surface area (Å²) in [6.07, 6.45) is -4.33. The van der Waals surface area contributed by atoms with Crippen LogP contribution in [-0.2, 0) is 11.9 Å². The highest BCUT2D eigenvalue weighted by Crippen LogP contribution is 2.36. The van der Waals surface area contributed by atoms with Crippen molar-refractivity contribution in [1.82, 2.24) is 0 Å². The molecule has 0 spiro atoms. The van der Waals surface area contributed by atoms with E-state index in [-0.39, 0.29) is 11.3 Å². The fourth-order valence-corrected chi connectivity index (χ4v) is 3.23. The van der Waals surface area contributed by atoms with E-state index < -0.39 is 11.7 Å². The summed E-state index contributed by atoms with van der Waals surface area (Å²) in [7, 11) is 0. The van der Waals surface area contributed by atoms with Crippen molar-refractivity contribution in [3.8, 4) is 0 Å². The highest BCUT2D eigenvalue weighted by Gasteiger charge is 2.32. The smallest absolute Gasteiger partial charge is 0.398 e. The molecule has 0 aliphatic heterocycles. The number of hydrogen-bond acceptors (Lipinski definition) is 2. The second kappa shape index (κ2) is 6.10. The fourth-order valence-electron chi connectivity index (χ4n) is 1.71. The lowest BCUT2D eigenvalue weighted by Gasteiger charge is -2.13. The van der Waals surface area contributed by atoms with Crippen LogP contribution < -0.4 is 5.73 Å². The molecule has 0 unspecified atom stereocenters. The quantitative estimate of drug-likeness (QED) is 0.589. The molecule has 2 aromatic rings. The van der Waals surface area contributed by atoms with Crippen molar-refractivity contribution in [1.29, 1.82) is 0 Å². The zero-order chi connectivity index (χ0) is 14.8. The van der Waals surface area contributed by atoms with Crippen LogP contribution >= 0.6 is 27.7 Å². The molecular weight excluding hydrogens is 351 g/mol. The summed E-state index contributed by atoms with van der Waals surface area (Å²) < 4.78 is 39.5. The van der Waals surface area contributed by atoms with E-state index in [0.717, 1.165) is 15.4 Å². The molecule has 0 fully saturated rings. The second-order valence-electron chi connectivity index (χ2n) is 4.13. The summed E-state index contributed by atoms with van der Waals surface area (Å²) in [5, 5.41) is 0. The van der Waals surface area contributed by atoms with Crippen molar-refractivity contribution in [3.63, 3.8) is 0 Å². The normalized spacial score (nSPS) is 11.6. The Morgan fingerprint density at radius 2 is 1.80 bits per heavy atom. The van der Waals surface area contributed by atoms with Gasteiger partial charge in [-0.15, -0.1) is 11.8 Å². The van der Waals surface area contributed by atoms with Gasteiger partial charge in [0, 0.05) is 20.8 Å². The standard InChI is InChI=1S/C14H11BrF3NS/c15-10-5-6-12(19)13(7-10)20-8-9-3-1-2-4-11(9)14(16,17)18/h1-7H,8,19H2. The van der Waals surface area contributed by atoms with Crippen LogP contribution in [-0.4, -0.2) is 0 Å². The van der Waals surface area contributed by atoms with E-state index in [1.807, 2.05) is 0 Å². The van der Waals surface area contributed by atoms with Crippen LogP contribution in [0.2, 0.25) is 0 Å². The second-order valence-corrected chi connectivity index (χ2v) is 6.06. The lowest BCUT2D eigenvalue weighted by Crippen LogP contribution is -2.08. The van der Waals surface area contributed by atoms with Crippen molar-refractivity contribution >= 4 is 33.4 Å². The molecule has 0 aliphatic rings. The van der Waals surface area contributed by atoms with Gasteiger partial charge in [0.25, 0.3) is 0 Å². The molecule has 2 N–H and O–H groups in total. The minimum Gasteiger partial charge on any atom is -0.398 e. The van der Waals surface area contributed by atoms with Crippen LogP contribution in [0.5, 0.6) is 0 Å². The van der Waals surface area contributed by atoms with E-state index in [9.17, 15) is 13.2 Å². The van der Waals surface area contributed by atoms with Gasteiger partial charge in [-0.3, -0.25) is 0 Å². The van der Waals surface area contributed by atoms with Crippen LogP contribution in [0.4, 0.5) is 18.9 Å². The van der Waals surface area contributed by atoms with Crippen molar-refractivity contribution < 1.29 is 13.2 Å². The molecular formula is C14H11BrF3NS. The van der Waals surface area contributed by atoms with Gasteiger partial charge in [-0.05, 0) is 29.8 Å². The molecule has 1 nitrogen and oxygen atoms in total. The third kappa shape index (κ3) is 3.70. The lowest BCUT2D eigenvalue weighted by atomic mass is 10.1. The average molecular weight is 362 g/mol. The molecule has 0 bridgehead atoms. The van der Waals surface area contributed by atoms with E-state index in [4.69, 9.17) is 5.73 Å². The Morgan fingerprint density at radius 1 is 1.10 bits per heavy atom. The van der Waals surface area contributed by atoms with Crippen LogP contribution in [0.15, 0.2) is 51.8 Å². The Hall–Kier alpha value is -1.14. The zero-order valence-corrected chi connectivity index (χ0v) is 12.6. The molecule has 6 heteroatoms. The van der Waals surface area contributed by atoms with Crippen LogP contribution in [0.1, 0.15) is 11.1 Å². The number of benzene rings is 2. The van der Waals surface area contributed by atoms with Gasteiger partial charge in [0.05, 0.1) is 5.56 Å². The van der Waals surface area contributed by atoms with Gasteiger partial charge < -0.3 is 5.73 Å². The summed E-state index contributed by atoms with van der Waals surface area (Å²) in [5.74, 6) is 0.219. The first-order valence-corrected chi connectivity index (χ1v) is 7.48. The van der Waals surface area contributed by atoms with E-state index >= 15 is 0 Å². The predicted octanol–water partition coefficient (Wildman–Crippen LogP) is 5.34. The van der Waals surface area contributed by atoms with E-state index in [1.54, 1.807) is 24.3 Å². The third-order valence-electron chi connectivity index (χ3n) is 2.68. The largest absolute Gasteiger partial charge is 0.416 e. The van der Waals surface area contributed by atoms with Crippen molar-refractivity contribution in [2.24, 2.45) is 0 Å². The van der Waals surface area contributed by atoms with Crippen LogP contribution in [0, 0.1) is 0 Å². The molecule has 106 valence electrons. The van der Waals surface area contributed by atoms with E-state index in [0.29, 0.717) is 5.69 Å². The molecule has 2 aromatic carbocycles. The van der Waals surface area contributed by atoms with E-state index in [1.165, 1.54) is 23.9 Å². The van der Waals surface area contributed by atoms with Gasteiger partial charge in [-0.25, -0.2) is 0 Å². The van der Waals surface area contributed by atoms with Gasteiger partial charge in [0.2, 0.25) is 0 Å². The highest BCUT2D eigenvalue weighted by molar-refractivity contribution is 9.10. The lowest BCUT2D eigenvalue weighted by molar-refractivity contribution is -0.138. The Balaban J connectivity index is 2.21. The molecule has 0 saturated heterocycles. The first-order chi connectivity index (χ1) is 9.38. The fraction of sp³-hybridized carbons (Fsp3) is 0.143. The summed E-state index contributed by atoms with van der Waals surface area (Å²) in [5.41, 5.74) is 6.03. The topological polar surface area (TPSA) is 26.0 Å². The minimum absolute atomic E-state index is 0.219. The van der Waals surface area contributed by atoms with Crippen LogP contribution in [0.3, 0.4) is 0 Å². The zero-order valence-electron chi connectivity index (χ0n) is 10.2. The first-order valence-electron chi connectivity index (χ1n) is 5.71. The van der Waals surface area contributed by atoms with Gasteiger partial charge >= 0.3 is 6.18 Å². The van der Waals surface area contributed by atoms with Gasteiger partial charge in [0.1, 0.15) is 0 Å². The number of hydrogen-bond donors (Lipinski definition) is 1. The average Bonchev–Trinajstić information content (AvgIpc) is 2.39. The molecule has 0 atom stereocenters. The number of anilines is 1. The molecule has 2 rings (SSSR count). The van der Waals surface area contributed by atoms with E-state index in [2.05, 4.69) is 15.9 Å². The summed E-state index contributed by atoms with van der Waals surface area (Å²) in [6, 6.07) is 10.9. The van der Waals surface area contributed by atoms with Crippen molar-refractivity contribution in [3.05, 3.63) is 58.1 Å². The molecule has 0 aromatic heterocycles. The van der Waals surface area contributed by atoms with Crippen molar-refractivity contribution in [2.45, 2.75) is 16.8 Å². The SMILES string of the molecule is Nc1ccc(Br)cc1SCc1ccccc1C(F)(F)F. The van der Waals surface area contributed by atoms with Gasteiger partial charge in [-0.2, -0.15) is 13.2 Å². The molecule has 20 heavy (non-hydrogen) atoms. The van der Waals surface area contributed by atoms with Gasteiger partial charge in [-0.1, -0.05) is 34.1 Å². The maximum atomic E-state index is 12.9. The number of nitrogens with two attached hydrogens (primary N) is 1. The number of halogens is 4. The maximum Gasteiger partial charge on any atom is 0.416 e. The Labute approximate surface area is 127 Å². The third-order valence-corrected chi connectivity index (χ3v) is 4.29. The Kier molecular flexibility index (Phi) is 4.65. The summed E-state index contributed by atoms with van der Waals surface area (Å²) >= 11 is 4.61. The molecule has 0 heterocycles. The van der Waals surface area contributed by atoms with Crippen LogP contribution in [0.25, 0.3) is 0 Å². The molecule has 0 amide bonds. The monoisotopic (exact) mass is 361 g/mol. The molecule has 0 aliphatic carbocycles. The Bertz CT molecular complexity index is 614. The Morgan fingerprint density at radius 3 is 2.50 bits per heavy atom. The summed E-state index contributed by atoms with van der Waals surface area (Å²) in [6.45, 7) is 0. The number of thioether (sulfide) groups is 1. The number of nitrogen functional groups attached to an aromatic ring is 1.